The lowest BCUT2D eigenvalue weighted by Crippen LogP contribution is -2.44. The summed E-state index contributed by atoms with van der Waals surface area (Å²) in [5.74, 6) is 1.35. The number of halogens is 1. The molecule has 0 amide bonds. The van der Waals surface area contributed by atoms with Crippen LogP contribution in [0.5, 0.6) is 0 Å². The van der Waals surface area contributed by atoms with Gasteiger partial charge in [-0.1, -0.05) is 13.8 Å². The molecule has 0 bridgehead atoms. The van der Waals surface area contributed by atoms with Gasteiger partial charge in [-0.15, -0.1) is 35.3 Å². The number of nitrogens with one attached hydrogen (secondary N) is 2. The predicted molar refractivity (Wildman–Crippen MR) is 123 cm³/mol. The molecule has 8 heteroatoms. The van der Waals surface area contributed by atoms with Gasteiger partial charge in [0, 0.05) is 45.2 Å². The standard InChI is InChI=1S/C18H34N6S.HI/c1-15(2)16-14-25-17(22-16)13-21-18(19-3)20-7-5-6-8-24-11-9-23(4)10-12-24;/h14-15H,5-13H2,1-4H3,(H2,19,20,21);1H. The van der Waals surface area contributed by atoms with Crippen LogP contribution < -0.4 is 10.6 Å². The summed E-state index contributed by atoms with van der Waals surface area (Å²) in [7, 11) is 4.02. The second-order valence-electron chi connectivity index (χ2n) is 7.03. The maximum absolute atomic E-state index is 4.65. The molecule has 0 atom stereocenters. The summed E-state index contributed by atoms with van der Waals surface area (Å²) in [6, 6.07) is 0. The van der Waals surface area contributed by atoms with Crippen LogP contribution in [0.25, 0.3) is 0 Å². The van der Waals surface area contributed by atoms with Gasteiger partial charge in [-0.2, -0.15) is 0 Å². The van der Waals surface area contributed by atoms with E-state index in [1.807, 2.05) is 7.05 Å². The van der Waals surface area contributed by atoms with Crippen LogP contribution in [0.15, 0.2) is 10.4 Å². The van der Waals surface area contributed by atoms with Crippen molar-refractivity contribution < 1.29 is 0 Å². The molecule has 1 fully saturated rings. The van der Waals surface area contributed by atoms with Gasteiger partial charge >= 0.3 is 0 Å². The number of hydrogen-bond acceptors (Lipinski definition) is 5. The van der Waals surface area contributed by atoms with E-state index in [1.165, 1.54) is 51.3 Å². The second kappa shape index (κ2) is 12.9. The van der Waals surface area contributed by atoms with E-state index < -0.39 is 0 Å². The van der Waals surface area contributed by atoms with Crippen molar-refractivity contribution in [1.82, 2.24) is 25.4 Å². The molecule has 0 aromatic carbocycles. The van der Waals surface area contributed by atoms with E-state index in [-0.39, 0.29) is 24.0 Å². The largest absolute Gasteiger partial charge is 0.356 e. The van der Waals surface area contributed by atoms with E-state index in [9.17, 15) is 0 Å². The summed E-state index contributed by atoms with van der Waals surface area (Å²) in [4.78, 5) is 13.9. The third-order valence-electron chi connectivity index (χ3n) is 4.58. The zero-order chi connectivity index (χ0) is 18.1. The van der Waals surface area contributed by atoms with Crippen molar-refractivity contribution in [3.05, 3.63) is 16.1 Å². The molecule has 1 aliphatic rings. The Hall–Kier alpha value is -0.450. The first-order chi connectivity index (χ1) is 12.1. The average Bonchev–Trinajstić information content (AvgIpc) is 3.08. The number of rotatable bonds is 8. The number of aliphatic imine (C=N–C) groups is 1. The number of thiazole rings is 1. The van der Waals surface area contributed by atoms with Crippen molar-refractivity contribution in [3.8, 4) is 0 Å². The molecule has 1 aromatic rings. The Bertz CT molecular complexity index is 526. The Balaban J connectivity index is 0.00000338. The van der Waals surface area contributed by atoms with E-state index in [4.69, 9.17) is 0 Å². The molecular formula is C18H35IN6S. The minimum absolute atomic E-state index is 0. The first-order valence-corrected chi connectivity index (χ1v) is 10.3. The van der Waals surface area contributed by atoms with Gasteiger partial charge in [0.15, 0.2) is 5.96 Å². The van der Waals surface area contributed by atoms with Crippen molar-refractivity contribution in [2.45, 2.75) is 39.2 Å². The van der Waals surface area contributed by atoms with Crippen molar-refractivity contribution in [1.29, 1.82) is 0 Å². The molecule has 2 N–H and O–H groups in total. The summed E-state index contributed by atoms with van der Waals surface area (Å²) in [5, 5.41) is 10.0. The van der Waals surface area contributed by atoms with E-state index >= 15 is 0 Å². The fraction of sp³-hybridized carbons (Fsp3) is 0.778. The van der Waals surface area contributed by atoms with Gasteiger partial charge < -0.3 is 20.4 Å². The molecule has 6 nitrogen and oxygen atoms in total. The second-order valence-corrected chi connectivity index (χ2v) is 7.97. The molecule has 150 valence electrons. The summed E-state index contributed by atoms with van der Waals surface area (Å²) < 4.78 is 0. The molecule has 26 heavy (non-hydrogen) atoms. The Morgan fingerprint density at radius 3 is 2.58 bits per heavy atom. The topological polar surface area (TPSA) is 55.8 Å². The van der Waals surface area contributed by atoms with Crippen molar-refractivity contribution >= 4 is 41.3 Å². The van der Waals surface area contributed by atoms with Crippen LogP contribution >= 0.6 is 35.3 Å². The van der Waals surface area contributed by atoms with Crippen molar-refractivity contribution in [2.24, 2.45) is 4.99 Å². The lowest BCUT2D eigenvalue weighted by atomic mass is 10.2. The number of aromatic nitrogens is 1. The number of unbranched alkanes of at least 4 members (excludes halogenated alkanes) is 1. The summed E-state index contributed by atoms with van der Waals surface area (Å²) in [5.41, 5.74) is 1.17. The minimum atomic E-state index is 0. The van der Waals surface area contributed by atoms with E-state index in [1.54, 1.807) is 11.3 Å². The SMILES string of the molecule is CN=C(NCCCCN1CCN(C)CC1)NCc1nc(C(C)C)cs1.I. The maximum Gasteiger partial charge on any atom is 0.191 e. The van der Waals surface area contributed by atoms with Crippen LogP contribution in [0.4, 0.5) is 0 Å². The quantitative estimate of drug-likeness (QED) is 0.252. The highest BCUT2D eigenvalue weighted by molar-refractivity contribution is 14.0. The molecule has 0 aliphatic carbocycles. The van der Waals surface area contributed by atoms with Gasteiger partial charge in [0.1, 0.15) is 5.01 Å². The number of guanidine groups is 1. The Morgan fingerprint density at radius 1 is 1.23 bits per heavy atom. The van der Waals surface area contributed by atoms with Crippen LogP contribution in [0.1, 0.15) is 43.3 Å². The van der Waals surface area contributed by atoms with Crippen LogP contribution in [0.2, 0.25) is 0 Å². The smallest absolute Gasteiger partial charge is 0.191 e. The number of likely N-dealkylation sites (N-methyl/N-ethyl adjacent to an activating group) is 1. The zero-order valence-corrected chi connectivity index (χ0v) is 19.8. The predicted octanol–water partition coefficient (Wildman–Crippen LogP) is 2.58. The normalized spacial score (nSPS) is 16.6. The molecule has 1 aromatic heterocycles. The van der Waals surface area contributed by atoms with Crippen molar-refractivity contribution in [2.75, 3.05) is 53.4 Å². The lowest BCUT2D eigenvalue weighted by Gasteiger charge is -2.32. The maximum atomic E-state index is 4.65. The lowest BCUT2D eigenvalue weighted by molar-refractivity contribution is 0.152. The molecule has 1 aliphatic heterocycles. The highest BCUT2D eigenvalue weighted by Crippen LogP contribution is 2.17. The molecule has 0 saturated carbocycles. The Kier molecular flexibility index (Phi) is 11.7. The van der Waals surface area contributed by atoms with E-state index in [2.05, 4.69) is 56.7 Å². The van der Waals surface area contributed by atoms with Gasteiger partial charge in [0.2, 0.25) is 0 Å². The molecule has 1 saturated heterocycles. The molecule has 2 heterocycles. The monoisotopic (exact) mass is 494 g/mol. The third-order valence-corrected chi connectivity index (χ3v) is 5.45. The zero-order valence-electron chi connectivity index (χ0n) is 16.6. The minimum Gasteiger partial charge on any atom is -0.356 e. The molecule has 0 spiro atoms. The van der Waals surface area contributed by atoms with Gasteiger partial charge in [0.05, 0.1) is 12.2 Å². The van der Waals surface area contributed by atoms with Gasteiger partial charge in [-0.25, -0.2) is 4.98 Å². The highest BCUT2D eigenvalue weighted by atomic mass is 127. The van der Waals surface area contributed by atoms with Gasteiger partial charge in [-0.3, -0.25) is 4.99 Å². The number of hydrogen-bond donors (Lipinski definition) is 2. The fourth-order valence-corrected chi connectivity index (χ4v) is 3.69. The van der Waals surface area contributed by atoms with E-state index in [0.29, 0.717) is 5.92 Å². The molecule has 2 rings (SSSR count). The fourth-order valence-electron chi connectivity index (χ4n) is 2.79. The first-order valence-electron chi connectivity index (χ1n) is 9.38. The third kappa shape index (κ3) is 8.49. The van der Waals surface area contributed by atoms with Crippen LogP contribution in [0, 0.1) is 0 Å². The van der Waals surface area contributed by atoms with E-state index in [0.717, 1.165) is 24.1 Å². The Labute approximate surface area is 179 Å². The van der Waals surface area contributed by atoms with Gasteiger partial charge in [0.25, 0.3) is 0 Å². The average molecular weight is 494 g/mol. The molecular weight excluding hydrogens is 459 g/mol. The Morgan fingerprint density at radius 2 is 1.96 bits per heavy atom. The summed E-state index contributed by atoms with van der Waals surface area (Å²) in [6.07, 6.45) is 2.40. The van der Waals surface area contributed by atoms with Crippen LogP contribution in [0.3, 0.4) is 0 Å². The first kappa shape index (κ1) is 23.6. The van der Waals surface area contributed by atoms with Crippen LogP contribution in [-0.2, 0) is 6.54 Å². The highest BCUT2D eigenvalue weighted by Gasteiger charge is 2.12. The number of piperazine rings is 1. The number of nitrogens with zero attached hydrogens (tertiary/aromatic N) is 4. The van der Waals surface area contributed by atoms with Gasteiger partial charge in [-0.05, 0) is 32.4 Å². The molecule has 0 radical (unpaired) electrons. The molecule has 0 unspecified atom stereocenters. The summed E-state index contributed by atoms with van der Waals surface area (Å²) >= 11 is 1.71. The summed E-state index contributed by atoms with van der Waals surface area (Å²) in [6.45, 7) is 12.1. The van der Waals surface area contributed by atoms with Crippen LogP contribution in [-0.4, -0.2) is 74.1 Å². The van der Waals surface area contributed by atoms with Crippen molar-refractivity contribution in [3.63, 3.8) is 0 Å².